The van der Waals surface area contributed by atoms with Crippen LogP contribution in [0.5, 0.6) is 11.5 Å². The van der Waals surface area contributed by atoms with Crippen molar-refractivity contribution < 1.29 is 23.5 Å². The monoisotopic (exact) mass is 631 g/mol. The lowest BCUT2D eigenvalue weighted by atomic mass is 10.0. The molecular weight excluding hydrogens is 605 g/mol. The quantitative estimate of drug-likeness (QED) is 0.404. The van der Waals surface area contributed by atoms with Crippen LogP contribution in [-0.2, 0) is 22.7 Å². The van der Waals surface area contributed by atoms with Crippen LogP contribution < -0.4 is 15.0 Å². The SMILES string of the molecule is N#Cc1ccc(Oc2ccc(Br)c(CN3CCN(c4cc(F)cc5c4CN(C4CCC(=O)NC4=O)C5=O)CC3)c2)cc1. The number of nitrogens with zero attached hydrogens (tertiary/aromatic N) is 4. The molecule has 2 saturated heterocycles. The Morgan fingerprint density at radius 2 is 1.74 bits per heavy atom. The number of imide groups is 1. The predicted octanol–water partition coefficient (Wildman–Crippen LogP) is 4.34. The first-order valence-corrected chi connectivity index (χ1v) is 14.5. The number of carbonyl (C=O) groups excluding carboxylic acids is 3. The summed E-state index contributed by atoms with van der Waals surface area (Å²) in [7, 11) is 0. The van der Waals surface area contributed by atoms with E-state index in [1.54, 1.807) is 24.3 Å². The van der Waals surface area contributed by atoms with E-state index >= 15 is 0 Å². The molecule has 0 aliphatic carbocycles. The predicted molar refractivity (Wildman–Crippen MR) is 155 cm³/mol. The zero-order chi connectivity index (χ0) is 29.4. The lowest BCUT2D eigenvalue weighted by Gasteiger charge is -2.37. The fourth-order valence-corrected chi connectivity index (χ4v) is 6.12. The molecule has 1 unspecified atom stereocenters. The van der Waals surface area contributed by atoms with Gasteiger partial charge in [-0.3, -0.25) is 24.6 Å². The minimum atomic E-state index is -0.745. The van der Waals surface area contributed by atoms with Crippen LogP contribution >= 0.6 is 15.9 Å². The van der Waals surface area contributed by atoms with Crippen LogP contribution in [0.1, 0.15) is 39.9 Å². The first-order chi connectivity index (χ1) is 20.3. The fraction of sp³-hybridized carbons (Fsp3) is 0.290. The number of nitrogens with one attached hydrogen (secondary N) is 1. The van der Waals surface area contributed by atoms with Gasteiger partial charge in [0.05, 0.1) is 11.6 Å². The van der Waals surface area contributed by atoms with Gasteiger partial charge >= 0.3 is 0 Å². The second-order valence-electron chi connectivity index (χ2n) is 10.6. The molecule has 3 aromatic carbocycles. The van der Waals surface area contributed by atoms with Crippen molar-refractivity contribution in [3.8, 4) is 17.6 Å². The first-order valence-electron chi connectivity index (χ1n) is 13.7. The Hall–Kier alpha value is -4.27. The van der Waals surface area contributed by atoms with Crippen molar-refractivity contribution in [1.82, 2.24) is 15.1 Å². The summed E-state index contributed by atoms with van der Waals surface area (Å²) < 4.78 is 21.7. The summed E-state index contributed by atoms with van der Waals surface area (Å²) >= 11 is 3.65. The summed E-state index contributed by atoms with van der Waals surface area (Å²) in [6.07, 6.45) is 0.427. The number of halogens is 2. The Bertz CT molecular complexity index is 1610. The average molecular weight is 632 g/mol. The molecule has 11 heteroatoms. The van der Waals surface area contributed by atoms with Gasteiger partial charge in [-0.15, -0.1) is 0 Å². The van der Waals surface area contributed by atoms with Gasteiger partial charge in [-0.2, -0.15) is 5.26 Å². The highest BCUT2D eigenvalue weighted by molar-refractivity contribution is 9.10. The largest absolute Gasteiger partial charge is 0.457 e. The summed E-state index contributed by atoms with van der Waals surface area (Å²) in [5.41, 5.74) is 3.30. The second kappa shape index (κ2) is 11.5. The van der Waals surface area contributed by atoms with E-state index < -0.39 is 17.8 Å². The minimum absolute atomic E-state index is 0.167. The number of anilines is 1. The molecule has 0 saturated carbocycles. The fourth-order valence-electron chi connectivity index (χ4n) is 5.75. The van der Waals surface area contributed by atoms with E-state index in [4.69, 9.17) is 10.00 Å². The maximum Gasteiger partial charge on any atom is 0.255 e. The van der Waals surface area contributed by atoms with Crippen LogP contribution in [-0.4, -0.2) is 59.7 Å². The van der Waals surface area contributed by atoms with Gasteiger partial charge < -0.3 is 14.5 Å². The molecule has 2 fully saturated rings. The molecule has 42 heavy (non-hydrogen) atoms. The third-order valence-corrected chi connectivity index (χ3v) is 8.71. The number of nitriles is 1. The van der Waals surface area contributed by atoms with Gasteiger partial charge in [-0.1, -0.05) is 15.9 Å². The smallest absolute Gasteiger partial charge is 0.255 e. The molecule has 3 aliphatic rings. The van der Waals surface area contributed by atoms with Gasteiger partial charge in [0.1, 0.15) is 23.4 Å². The van der Waals surface area contributed by atoms with Gasteiger partial charge in [0.25, 0.3) is 5.91 Å². The van der Waals surface area contributed by atoms with Crippen molar-refractivity contribution in [1.29, 1.82) is 5.26 Å². The van der Waals surface area contributed by atoms with E-state index in [1.807, 2.05) is 18.2 Å². The Kier molecular flexibility index (Phi) is 7.66. The number of carbonyl (C=O) groups is 3. The number of rotatable bonds is 6. The van der Waals surface area contributed by atoms with E-state index in [-0.39, 0.29) is 36.8 Å². The van der Waals surface area contributed by atoms with E-state index in [0.717, 1.165) is 28.7 Å². The second-order valence-corrected chi connectivity index (χ2v) is 11.5. The number of ether oxygens (including phenoxy) is 1. The molecule has 214 valence electrons. The Labute approximate surface area is 250 Å². The Morgan fingerprint density at radius 1 is 1.00 bits per heavy atom. The minimum Gasteiger partial charge on any atom is -0.457 e. The van der Waals surface area contributed by atoms with Crippen LogP contribution in [0.4, 0.5) is 10.1 Å². The summed E-state index contributed by atoms with van der Waals surface area (Å²) in [6, 6.07) is 16.8. The lowest BCUT2D eigenvalue weighted by Crippen LogP contribution is -2.52. The highest BCUT2D eigenvalue weighted by Gasteiger charge is 2.41. The molecule has 0 spiro atoms. The molecular formula is C31H27BrFN5O4. The van der Waals surface area contributed by atoms with E-state index in [2.05, 4.69) is 37.1 Å². The van der Waals surface area contributed by atoms with Crippen molar-refractivity contribution >= 4 is 39.3 Å². The molecule has 0 bridgehead atoms. The normalized spacial score (nSPS) is 19.0. The molecule has 3 aliphatic heterocycles. The summed E-state index contributed by atoms with van der Waals surface area (Å²) in [4.78, 5) is 43.1. The highest BCUT2D eigenvalue weighted by atomic mass is 79.9. The molecule has 3 amide bonds. The Balaban J connectivity index is 1.12. The highest BCUT2D eigenvalue weighted by Crippen LogP contribution is 2.36. The third-order valence-electron chi connectivity index (χ3n) is 7.94. The molecule has 3 heterocycles. The van der Waals surface area contributed by atoms with Gasteiger partial charge in [0, 0.05) is 67.0 Å². The summed E-state index contributed by atoms with van der Waals surface area (Å²) in [5, 5.41) is 11.3. The summed E-state index contributed by atoms with van der Waals surface area (Å²) in [6.45, 7) is 3.62. The zero-order valence-electron chi connectivity index (χ0n) is 22.6. The topological polar surface area (TPSA) is 106 Å². The molecule has 6 rings (SSSR count). The van der Waals surface area contributed by atoms with E-state index in [0.29, 0.717) is 42.4 Å². The number of piperidine rings is 1. The van der Waals surface area contributed by atoms with Gasteiger partial charge in [0.2, 0.25) is 11.8 Å². The van der Waals surface area contributed by atoms with Gasteiger partial charge in [-0.25, -0.2) is 4.39 Å². The van der Waals surface area contributed by atoms with Gasteiger partial charge in [0.15, 0.2) is 0 Å². The summed E-state index contributed by atoms with van der Waals surface area (Å²) in [5.74, 6) is -0.368. The maximum atomic E-state index is 14.7. The molecule has 0 radical (unpaired) electrons. The Morgan fingerprint density at radius 3 is 2.45 bits per heavy atom. The number of fused-ring (bicyclic) bond motifs is 1. The number of piperazine rings is 1. The number of hydrogen-bond donors (Lipinski definition) is 1. The number of amides is 3. The van der Waals surface area contributed by atoms with Crippen molar-refractivity contribution in [2.75, 3.05) is 31.1 Å². The van der Waals surface area contributed by atoms with Crippen LogP contribution in [0.15, 0.2) is 59.1 Å². The maximum absolute atomic E-state index is 14.7. The third kappa shape index (κ3) is 5.60. The first kappa shape index (κ1) is 27.9. The van der Waals surface area contributed by atoms with Gasteiger partial charge in [-0.05, 0) is 66.6 Å². The molecule has 9 nitrogen and oxygen atoms in total. The van der Waals surface area contributed by atoms with E-state index in [9.17, 15) is 18.8 Å². The van der Waals surface area contributed by atoms with Crippen LogP contribution in [0, 0.1) is 17.1 Å². The number of benzene rings is 3. The van der Waals surface area contributed by atoms with Crippen molar-refractivity contribution in [2.24, 2.45) is 0 Å². The van der Waals surface area contributed by atoms with E-state index in [1.165, 1.54) is 17.0 Å². The number of hydrogen-bond acceptors (Lipinski definition) is 7. The molecule has 3 aromatic rings. The molecule has 0 aromatic heterocycles. The average Bonchev–Trinajstić information content (AvgIpc) is 3.31. The van der Waals surface area contributed by atoms with Crippen LogP contribution in [0.2, 0.25) is 0 Å². The van der Waals surface area contributed by atoms with Crippen molar-refractivity contribution in [3.63, 3.8) is 0 Å². The van der Waals surface area contributed by atoms with Crippen molar-refractivity contribution in [3.05, 3.63) is 87.1 Å². The molecule has 1 atom stereocenters. The van der Waals surface area contributed by atoms with Crippen LogP contribution in [0.25, 0.3) is 0 Å². The van der Waals surface area contributed by atoms with Crippen molar-refractivity contribution in [2.45, 2.75) is 32.0 Å². The lowest BCUT2D eigenvalue weighted by molar-refractivity contribution is -0.136. The van der Waals surface area contributed by atoms with Crippen LogP contribution in [0.3, 0.4) is 0 Å². The standard InChI is InChI=1S/C31H27BrFN5O4/c32-26-6-5-23(42-22-3-1-19(16-34)2-4-22)13-20(26)17-36-9-11-37(12-10-36)28-15-21(33)14-24-25(28)18-38(31(24)41)27-7-8-29(39)35-30(27)40/h1-6,13-15,27H,7-12,17-18H2,(H,35,39,40). The zero-order valence-corrected chi connectivity index (χ0v) is 24.2. The molecule has 1 N–H and O–H groups in total.